The fourth-order valence-electron chi connectivity index (χ4n) is 1.41. The van der Waals surface area contributed by atoms with Crippen LogP contribution in [0.15, 0.2) is 0 Å². The van der Waals surface area contributed by atoms with Crippen LogP contribution in [0.1, 0.15) is 13.8 Å². The molecule has 0 amide bonds. The lowest BCUT2D eigenvalue weighted by Gasteiger charge is -2.49. The molecule has 0 aromatic carbocycles. The Balaban J connectivity index is 2.53. The summed E-state index contributed by atoms with van der Waals surface area (Å²) >= 11 is 0. The number of hydrogen-bond donors (Lipinski definition) is 2. The molecular weight excluding hydrogens is 259 g/mol. The van der Waals surface area contributed by atoms with Crippen molar-refractivity contribution < 1.29 is 21.6 Å². The molecule has 1 fully saturated rings. The van der Waals surface area contributed by atoms with Gasteiger partial charge in [-0.15, -0.1) is 0 Å². The minimum absolute atomic E-state index is 0.0395. The lowest BCUT2D eigenvalue weighted by atomic mass is 9.82. The first-order valence-electron chi connectivity index (χ1n) is 5.07. The van der Waals surface area contributed by atoms with E-state index in [4.69, 9.17) is 5.73 Å². The predicted octanol–water partition coefficient (Wildman–Crippen LogP) is 0.0522. The number of rotatable bonds is 4. The van der Waals surface area contributed by atoms with Crippen LogP contribution in [0.3, 0.4) is 0 Å². The van der Waals surface area contributed by atoms with Crippen molar-refractivity contribution in [3.05, 3.63) is 0 Å². The molecule has 0 bridgehead atoms. The minimum Gasteiger partial charge on any atom is -0.323 e. The van der Waals surface area contributed by atoms with Crippen molar-refractivity contribution in [2.75, 3.05) is 19.6 Å². The van der Waals surface area contributed by atoms with Gasteiger partial charge < -0.3 is 5.73 Å². The molecule has 1 aliphatic rings. The zero-order chi connectivity index (χ0) is 13.5. The van der Waals surface area contributed by atoms with Crippen LogP contribution in [0, 0.1) is 5.92 Å². The maximum atomic E-state index is 11.9. The number of halogens is 3. The lowest BCUT2D eigenvalue weighted by Crippen LogP contribution is -2.72. The largest absolute Gasteiger partial charge is 0.402 e. The van der Waals surface area contributed by atoms with Crippen molar-refractivity contribution in [2.24, 2.45) is 11.7 Å². The summed E-state index contributed by atoms with van der Waals surface area (Å²) in [4.78, 5) is 0. The third-order valence-corrected chi connectivity index (χ3v) is 4.33. The molecule has 1 rings (SSSR count). The van der Waals surface area contributed by atoms with Gasteiger partial charge in [0.15, 0.2) is 0 Å². The number of nitrogens with one attached hydrogen (secondary N) is 1. The average Bonchev–Trinajstić information content (AvgIpc) is 2.08. The second-order valence-corrected chi connectivity index (χ2v) is 6.35. The van der Waals surface area contributed by atoms with Crippen molar-refractivity contribution in [3.8, 4) is 0 Å². The monoisotopic (exact) mass is 275 g/mol. The van der Waals surface area contributed by atoms with Gasteiger partial charge in [-0.1, -0.05) is 13.8 Å². The van der Waals surface area contributed by atoms with E-state index >= 15 is 0 Å². The highest BCUT2D eigenvalue weighted by molar-refractivity contribution is 7.87. The van der Waals surface area contributed by atoms with Crippen LogP contribution in [0.4, 0.5) is 13.2 Å². The molecule has 102 valence electrons. The number of alkyl halides is 3. The Bertz CT molecular complexity index is 374. The van der Waals surface area contributed by atoms with Crippen LogP contribution in [-0.4, -0.2) is 44.1 Å². The molecule has 17 heavy (non-hydrogen) atoms. The van der Waals surface area contributed by atoms with Gasteiger partial charge in [-0.2, -0.15) is 30.6 Å². The van der Waals surface area contributed by atoms with Gasteiger partial charge in [0.05, 0.1) is 0 Å². The molecule has 0 aliphatic carbocycles. The molecule has 0 radical (unpaired) electrons. The Labute approximate surface area is 98.3 Å². The van der Waals surface area contributed by atoms with Crippen LogP contribution in [-0.2, 0) is 10.2 Å². The summed E-state index contributed by atoms with van der Waals surface area (Å²) in [5.74, 6) is 0.0663. The Morgan fingerprint density at radius 3 is 2.24 bits per heavy atom. The molecule has 1 aliphatic heterocycles. The van der Waals surface area contributed by atoms with Crippen molar-refractivity contribution in [2.45, 2.75) is 25.6 Å². The summed E-state index contributed by atoms with van der Waals surface area (Å²) in [6.45, 7) is 2.20. The van der Waals surface area contributed by atoms with Crippen LogP contribution in [0.5, 0.6) is 0 Å². The Hall–Kier alpha value is -0.380. The van der Waals surface area contributed by atoms with E-state index in [-0.39, 0.29) is 19.0 Å². The molecule has 3 N–H and O–H groups in total. The molecule has 9 heteroatoms. The van der Waals surface area contributed by atoms with Crippen molar-refractivity contribution in [3.63, 3.8) is 0 Å². The summed E-state index contributed by atoms with van der Waals surface area (Å²) in [7, 11) is -4.08. The number of hydrogen-bond acceptors (Lipinski definition) is 3. The highest BCUT2D eigenvalue weighted by atomic mass is 32.2. The second-order valence-electron chi connectivity index (χ2n) is 4.60. The SMILES string of the molecule is CC(C)C1(N)CN(S(=O)(=O)NCC(F)(F)F)C1. The highest BCUT2D eigenvalue weighted by Crippen LogP contribution is 2.28. The Kier molecular flexibility index (Phi) is 3.78. The van der Waals surface area contributed by atoms with Gasteiger partial charge in [0.25, 0.3) is 10.2 Å². The second kappa shape index (κ2) is 4.38. The van der Waals surface area contributed by atoms with E-state index in [2.05, 4.69) is 0 Å². The maximum absolute atomic E-state index is 11.9. The predicted molar refractivity (Wildman–Crippen MR) is 56.3 cm³/mol. The first kappa shape index (κ1) is 14.7. The molecule has 0 saturated carbocycles. The van der Waals surface area contributed by atoms with Crippen molar-refractivity contribution in [1.82, 2.24) is 9.03 Å². The van der Waals surface area contributed by atoms with E-state index in [1.807, 2.05) is 13.8 Å². The zero-order valence-electron chi connectivity index (χ0n) is 9.58. The lowest BCUT2D eigenvalue weighted by molar-refractivity contribution is -0.121. The average molecular weight is 275 g/mol. The van der Waals surface area contributed by atoms with Crippen molar-refractivity contribution in [1.29, 1.82) is 0 Å². The molecule has 0 unspecified atom stereocenters. The van der Waals surface area contributed by atoms with Gasteiger partial charge in [0, 0.05) is 18.6 Å². The molecule has 1 saturated heterocycles. The summed E-state index contributed by atoms with van der Waals surface area (Å²) in [5, 5.41) is 0. The third kappa shape index (κ3) is 3.54. The zero-order valence-corrected chi connectivity index (χ0v) is 10.4. The molecule has 0 aromatic heterocycles. The van der Waals surface area contributed by atoms with E-state index in [1.54, 1.807) is 0 Å². The van der Waals surface area contributed by atoms with Gasteiger partial charge in [-0.05, 0) is 5.92 Å². The topological polar surface area (TPSA) is 75.4 Å². The van der Waals surface area contributed by atoms with E-state index < -0.39 is 28.5 Å². The molecule has 0 aromatic rings. The molecule has 1 heterocycles. The van der Waals surface area contributed by atoms with Crippen LogP contribution in [0.25, 0.3) is 0 Å². The maximum Gasteiger partial charge on any atom is 0.402 e. The van der Waals surface area contributed by atoms with E-state index in [9.17, 15) is 21.6 Å². The normalized spacial score (nSPS) is 21.6. The smallest absolute Gasteiger partial charge is 0.323 e. The first-order valence-corrected chi connectivity index (χ1v) is 6.51. The fourth-order valence-corrected chi connectivity index (χ4v) is 2.76. The van der Waals surface area contributed by atoms with Crippen LogP contribution < -0.4 is 10.5 Å². The Morgan fingerprint density at radius 1 is 1.41 bits per heavy atom. The van der Waals surface area contributed by atoms with Gasteiger partial charge in [0.2, 0.25) is 0 Å². The quantitative estimate of drug-likeness (QED) is 0.761. The van der Waals surface area contributed by atoms with E-state index in [1.165, 1.54) is 4.72 Å². The first-order chi connectivity index (χ1) is 7.46. The Morgan fingerprint density at radius 2 is 1.88 bits per heavy atom. The highest BCUT2D eigenvalue weighted by Gasteiger charge is 2.47. The van der Waals surface area contributed by atoms with E-state index in [0.29, 0.717) is 0 Å². The molecule has 5 nitrogen and oxygen atoms in total. The molecule has 0 spiro atoms. The van der Waals surface area contributed by atoms with E-state index in [0.717, 1.165) is 4.31 Å². The third-order valence-electron chi connectivity index (χ3n) is 2.89. The van der Waals surface area contributed by atoms with Gasteiger partial charge in [0.1, 0.15) is 6.54 Å². The summed E-state index contributed by atoms with van der Waals surface area (Å²) in [6.07, 6.45) is -4.56. The van der Waals surface area contributed by atoms with Crippen molar-refractivity contribution >= 4 is 10.2 Å². The summed E-state index contributed by atoms with van der Waals surface area (Å²) in [5.41, 5.74) is 5.21. The van der Waals surface area contributed by atoms with Gasteiger partial charge >= 0.3 is 6.18 Å². The summed E-state index contributed by atoms with van der Waals surface area (Å²) < 4.78 is 60.9. The fraction of sp³-hybridized carbons (Fsp3) is 1.00. The van der Waals surface area contributed by atoms with Gasteiger partial charge in [-0.3, -0.25) is 0 Å². The van der Waals surface area contributed by atoms with Crippen LogP contribution >= 0.6 is 0 Å². The molecular formula is C8H16F3N3O2S. The number of nitrogens with zero attached hydrogens (tertiary/aromatic N) is 1. The van der Waals surface area contributed by atoms with Gasteiger partial charge in [-0.25, -0.2) is 0 Å². The summed E-state index contributed by atoms with van der Waals surface area (Å²) in [6, 6.07) is 0. The van der Waals surface area contributed by atoms with Crippen LogP contribution in [0.2, 0.25) is 0 Å². The minimum atomic E-state index is -4.56. The number of nitrogens with two attached hydrogens (primary N) is 1. The molecule has 0 atom stereocenters. The standard InChI is InChI=1S/C8H16F3N3O2S/c1-6(2)7(12)4-14(5-7)17(15,16)13-3-8(9,10)11/h6,13H,3-5,12H2,1-2H3.